The van der Waals surface area contributed by atoms with Gasteiger partial charge in [0, 0.05) is 5.56 Å². The van der Waals surface area contributed by atoms with Crippen molar-refractivity contribution < 1.29 is 55.2 Å². The number of hydrogen-bond donors (Lipinski definition) is 4. The van der Waals surface area contributed by atoms with Crippen LogP contribution in [0.15, 0.2) is 145 Å². The summed E-state index contributed by atoms with van der Waals surface area (Å²) in [6.07, 6.45) is 4.47. The summed E-state index contributed by atoms with van der Waals surface area (Å²) in [7, 11) is 1.33. The molecule has 0 spiro atoms. The molecule has 82 heavy (non-hydrogen) atoms. The summed E-state index contributed by atoms with van der Waals surface area (Å²) in [6, 6.07) is 25.6. The Morgan fingerprint density at radius 3 is 1.32 bits per heavy atom. The highest BCUT2D eigenvalue weighted by molar-refractivity contribution is 9.10. The number of nitrogens with two attached hydrogens (primary N) is 1. The molecule has 8 aromatic heterocycles. The molecule has 0 bridgehead atoms. The molecule has 0 saturated carbocycles. The van der Waals surface area contributed by atoms with Crippen LogP contribution in [-0.4, -0.2) is 84.7 Å². The molecule has 0 aliphatic carbocycles. The molecule has 0 unspecified atom stereocenters. The fourth-order valence-electron chi connectivity index (χ4n) is 5.97. The molecule has 25 nitrogen and oxygen atoms in total. The van der Waals surface area contributed by atoms with E-state index in [0.29, 0.717) is 69.6 Å². The lowest BCUT2D eigenvalue weighted by atomic mass is 10.1. The number of nitrogens with one attached hydrogen (secondary N) is 2. The van der Waals surface area contributed by atoms with E-state index in [2.05, 4.69) is 91.0 Å². The first-order valence-electron chi connectivity index (χ1n) is 22.6. The normalized spacial score (nSPS) is 9.84. The SMILES string of the molecule is C.C.C.COC(=O)c1ccc(CN(c2ccc(F)cn2)c2nc(C)no2)cc1.Cc1noc(N(Cc2ccc(C(=O)NO)cc2)c2ccc(F)cn2)n1.Cc1noc(N)n1.Cc1noc(Nc2ccc(F)cn2)n1.Fc1ccc(Br)nc1. The van der Waals surface area contributed by atoms with Gasteiger partial charge in [-0.25, -0.2) is 47.8 Å². The van der Waals surface area contributed by atoms with Crippen molar-refractivity contribution >= 4 is 69.3 Å². The van der Waals surface area contributed by atoms with Crippen LogP contribution in [0.1, 0.15) is 77.4 Å². The standard InChI is InChI=1S/C17H15FN4O3.C16H14FN5O3.C8H7FN4O.C5H3BrFN.C3H5N3O.3CH4/c1-11-20-17(25-21-11)22(15-8-7-14(18)9-19-15)10-12-3-5-13(6-4-12)16(23)24-2;1-10-19-16(25-21-10)22(14-7-6-13(17)8-18-14)9-11-2-4-12(5-3-11)15(23)20-24;1-5-11-8(14-13-5)12-7-3-2-6(9)4-10-7;6-5-2-1-4(7)3-8-5;1-2-5-3(4)7-6-2;;;/h3-9H,10H2,1-2H3;2-8,24H,9H2,1H3,(H,20,23);2-4H,1H3,(H,10,11,12,13);1-3H;1H3,(H2,4,5,6);3*1H4. The highest BCUT2D eigenvalue weighted by Crippen LogP contribution is 2.26. The Balaban J connectivity index is 0.000000288. The summed E-state index contributed by atoms with van der Waals surface area (Å²) in [5.41, 5.74) is 9.06. The van der Waals surface area contributed by atoms with Crippen LogP contribution in [0, 0.1) is 51.0 Å². The second-order valence-electron chi connectivity index (χ2n) is 15.5. The number of rotatable bonds is 12. The second kappa shape index (κ2) is 32.7. The van der Waals surface area contributed by atoms with Gasteiger partial charge in [-0.15, -0.1) is 0 Å². The Bertz CT molecular complexity index is 3280. The van der Waals surface area contributed by atoms with Crippen LogP contribution < -0.4 is 26.3 Å². The van der Waals surface area contributed by atoms with Gasteiger partial charge in [-0.05, 0) is 128 Å². The Hall–Kier alpha value is -10.1. The lowest BCUT2D eigenvalue weighted by Crippen LogP contribution is -2.20. The number of benzene rings is 2. The van der Waals surface area contributed by atoms with E-state index in [1.54, 1.807) is 97.6 Å². The van der Waals surface area contributed by atoms with Crippen molar-refractivity contribution in [2.24, 2.45) is 0 Å². The molecule has 0 fully saturated rings. The molecule has 0 radical (unpaired) electrons. The van der Waals surface area contributed by atoms with Gasteiger partial charge in [0.15, 0.2) is 23.3 Å². The number of pyridine rings is 4. The maximum atomic E-state index is 13.2. The predicted molar refractivity (Wildman–Crippen MR) is 294 cm³/mol. The fourth-order valence-corrected chi connectivity index (χ4v) is 6.21. The highest BCUT2D eigenvalue weighted by atomic mass is 79.9. The summed E-state index contributed by atoms with van der Waals surface area (Å²) in [5.74, 6) is 0.766. The third-order valence-electron chi connectivity index (χ3n) is 9.57. The number of hydroxylamine groups is 1. The van der Waals surface area contributed by atoms with Crippen LogP contribution in [0.4, 0.5) is 59.1 Å². The lowest BCUT2D eigenvalue weighted by molar-refractivity contribution is 0.0600. The number of halogens is 5. The smallest absolute Gasteiger partial charge is 0.337 e. The lowest BCUT2D eigenvalue weighted by Gasteiger charge is -2.19. The first kappa shape index (κ1) is 66.2. The van der Waals surface area contributed by atoms with Crippen molar-refractivity contribution in [1.29, 1.82) is 0 Å². The fraction of sp³-hybridized carbons (Fsp3) is 0.192. The molecular formula is C52H56BrF4N17O8. The van der Waals surface area contributed by atoms with Gasteiger partial charge in [0.05, 0.1) is 50.6 Å². The molecule has 1 amide bonds. The van der Waals surface area contributed by atoms with E-state index in [4.69, 9.17) is 24.5 Å². The van der Waals surface area contributed by atoms with Crippen LogP contribution in [0.25, 0.3) is 0 Å². The molecule has 432 valence electrons. The van der Waals surface area contributed by atoms with Crippen LogP contribution in [0.3, 0.4) is 0 Å². The van der Waals surface area contributed by atoms with Gasteiger partial charge in [-0.1, -0.05) is 67.2 Å². The number of aromatic nitrogens is 12. The predicted octanol–water partition coefficient (Wildman–Crippen LogP) is 10.9. The van der Waals surface area contributed by atoms with Gasteiger partial charge in [-0.2, -0.15) is 19.9 Å². The van der Waals surface area contributed by atoms with Crippen molar-refractivity contribution in [2.75, 3.05) is 28.0 Å². The Morgan fingerprint density at radius 1 is 0.561 bits per heavy atom. The summed E-state index contributed by atoms with van der Waals surface area (Å²) in [6.45, 7) is 7.45. The molecule has 5 N–H and O–H groups in total. The van der Waals surface area contributed by atoms with Crippen LogP contribution >= 0.6 is 15.9 Å². The van der Waals surface area contributed by atoms with E-state index in [9.17, 15) is 27.2 Å². The number of esters is 1. The van der Waals surface area contributed by atoms with Crippen molar-refractivity contribution in [3.63, 3.8) is 0 Å². The van der Waals surface area contributed by atoms with E-state index in [1.807, 2.05) is 0 Å². The monoisotopic (exact) mass is 1200 g/mol. The van der Waals surface area contributed by atoms with Crippen molar-refractivity contribution in [2.45, 2.75) is 63.1 Å². The molecular weight excluding hydrogens is 1150 g/mol. The maximum absolute atomic E-state index is 13.2. The van der Waals surface area contributed by atoms with Gasteiger partial charge < -0.3 is 28.6 Å². The highest BCUT2D eigenvalue weighted by Gasteiger charge is 2.20. The van der Waals surface area contributed by atoms with E-state index >= 15 is 0 Å². The number of hydrogen-bond acceptors (Lipinski definition) is 24. The average Bonchev–Trinajstić information content (AvgIpc) is 4.36. The van der Waals surface area contributed by atoms with Gasteiger partial charge in [0.1, 0.15) is 45.3 Å². The minimum absolute atomic E-state index is 0. The van der Waals surface area contributed by atoms with Crippen LogP contribution in [0.5, 0.6) is 0 Å². The van der Waals surface area contributed by atoms with Crippen LogP contribution in [0.2, 0.25) is 0 Å². The number of nitrogens with zero attached hydrogens (tertiary/aromatic N) is 14. The number of anilines is 7. The number of amides is 1. The Kier molecular flexibility index (Phi) is 26.4. The quantitative estimate of drug-likeness (QED) is 0.0290. The zero-order valence-corrected chi connectivity index (χ0v) is 43.6. The number of nitrogen functional groups attached to an aromatic ring is 1. The minimum atomic E-state index is -0.601. The zero-order valence-electron chi connectivity index (χ0n) is 42.0. The number of carbonyl (C=O) groups excluding carboxylic acids is 2. The van der Waals surface area contributed by atoms with Crippen molar-refractivity contribution in [1.82, 2.24) is 66.0 Å². The van der Waals surface area contributed by atoms with E-state index in [1.165, 1.54) is 49.6 Å². The zero-order chi connectivity index (χ0) is 56.8. The van der Waals surface area contributed by atoms with E-state index in [0.717, 1.165) is 35.9 Å². The summed E-state index contributed by atoms with van der Waals surface area (Å²) in [5, 5.41) is 25.9. The van der Waals surface area contributed by atoms with Gasteiger partial charge >= 0.3 is 30.0 Å². The van der Waals surface area contributed by atoms with Crippen LogP contribution in [-0.2, 0) is 17.8 Å². The van der Waals surface area contributed by atoms with Gasteiger partial charge in [0.2, 0.25) is 0 Å². The largest absolute Gasteiger partial charge is 0.465 e. The molecule has 0 atom stereocenters. The van der Waals surface area contributed by atoms with Crippen molar-refractivity contribution in [3.05, 3.63) is 195 Å². The molecule has 2 aromatic carbocycles. The number of aryl methyl sites for hydroxylation is 4. The first-order valence-corrected chi connectivity index (χ1v) is 23.4. The third-order valence-corrected chi connectivity index (χ3v) is 10.0. The second-order valence-corrected chi connectivity index (χ2v) is 16.3. The summed E-state index contributed by atoms with van der Waals surface area (Å²) >= 11 is 3.07. The molecule has 10 rings (SSSR count). The third kappa shape index (κ3) is 20.9. The van der Waals surface area contributed by atoms with E-state index < -0.39 is 29.3 Å². The molecule has 10 aromatic rings. The Morgan fingerprint density at radius 2 is 0.988 bits per heavy atom. The van der Waals surface area contributed by atoms with E-state index in [-0.39, 0.29) is 52.2 Å². The topological polar surface area (TPSA) is 327 Å². The summed E-state index contributed by atoms with van der Waals surface area (Å²) < 4.78 is 75.7. The van der Waals surface area contributed by atoms with Crippen molar-refractivity contribution in [3.8, 4) is 0 Å². The summed E-state index contributed by atoms with van der Waals surface area (Å²) in [4.78, 5) is 57.6. The maximum Gasteiger partial charge on any atom is 0.337 e. The number of ether oxygens (including phenoxy) is 1. The minimum Gasteiger partial charge on any atom is -0.465 e. The first-order chi connectivity index (χ1) is 37.9. The van der Waals surface area contributed by atoms with Gasteiger partial charge in [0.25, 0.3) is 5.91 Å². The molecule has 8 heterocycles. The number of carbonyl (C=O) groups is 2. The molecule has 0 saturated heterocycles. The molecule has 30 heteroatoms. The molecule has 0 aliphatic heterocycles. The number of methoxy groups -OCH3 is 1. The van der Waals surface area contributed by atoms with Gasteiger partial charge in [-0.3, -0.25) is 25.1 Å². The Labute approximate surface area is 475 Å². The molecule has 0 aliphatic rings. The average molecular weight is 1200 g/mol.